The third-order valence-corrected chi connectivity index (χ3v) is 2.67. The van der Waals surface area contributed by atoms with Gasteiger partial charge in [-0.25, -0.2) is 4.98 Å². The number of benzene rings is 1. The summed E-state index contributed by atoms with van der Waals surface area (Å²) >= 11 is 0. The first-order chi connectivity index (χ1) is 8.43. The molecule has 0 fully saturated rings. The molecule has 0 atom stereocenters. The normalized spacial score (nSPS) is 11.6. The van der Waals surface area contributed by atoms with Crippen molar-refractivity contribution in [1.29, 1.82) is 0 Å². The van der Waals surface area contributed by atoms with Crippen LogP contribution < -0.4 is 5.32 Å². The molecule has 0 amide bonds. The molecular weight excluding hydrogens is 243 g/mol. The Morgan fingerprint density at radius 1 is 1.28 bits per heavy atom. The van der Waals surface area contributed by atoms with E-state index in [-0.39, 0.29) is 5.56 Å². The van der Waals surface area contributed by atoms with E-state index < -0.39 is 11.7 Å². The van der Waals surface area contributed by atoms with Gasteiger partial charge >= 0.3 is 6.18 Å². The molecule has 96 valence electrons. The second-order valence-electron chi connectivity index (χ2n) is 3.87. The summed E-state index contributed by atoms with van der Waals surface area (Å²) in [5.74, 6) is 0.493. The van der Waals surface area contributed by atoms with Crippen molar-refractivity contribution < 1.29 is 13.2 Å². The maximum absolute atomic E-state index is 12.8. The fourth-order valence-corrected chi connectivity index (χ4v) is 1.76. The molecule has 1 heterocycles. The van der Waals surface area contributed by atoms with E-state index in [0.717, 1.165) is 6.07 Å². The van der Waals surface area contributed by atoms with Crippen LogP contribution in [0.1, 0.15) is 11.1 Å². The highest BCUT2D eigenvalue weighted by molar-refractivity contribution is 5.46. The Hall–Kier alpha value is -1.98. The molecule has 0 saturated carbocycles. The first-order valence-corrected chi connectivity index (χ1v) is 5.33. The summed E-state index contributed by atoms with van der Waals surface area (Å²) in [6, 6.07) is 4.21. The summed E-state index contributed by atoms with van der Waals surface area (Å²) in [4.78, 5) is 4.00. The SMILES string of the molecule is CNc1nccn1-c1ccc(C)c(C(F)(F)F)c1. The number of hydrogen-bond acceptors (Lipinski definition) is 2. The number of anilines is 1. The standard InChI is InChI=1S/C12H12F3N3/c1-8-3-4-9(7-10(8)12(13,14)15)18-6-5-17-11(18)16-2/h3-7H,1-2H3,(H,16,17). The molecule has 3 nitrogen and oxygen atoms in total. The van der Waals surface area contributed by atoms with E-state index in [1.54, 1.807) is 23.9 Å². The highest BCUT2D eigenvalue weighted by Gasteiger charge is 2.32. The van der Waals surface area contributed by atoms with Gasteiger partial charge < -0.3 is 5.32 Å². The molecule has 0 unspecified atom stereocenters. The molecule has 0 aliphatic heterocycles. The summed E-state index contributed by atoms with van der Waals surface area (Å²) in [5, 5.41) is 2.82. The lowest BCUT2D eigenvalue weighted by molar-refractivity contribution is -0.138. The van der Waals surface area contributed by atoms with Crippen molar-refractivity contribution in [1.82, 2.24) is 9.55 Å². The minimum absolute atomic E-state index is 0.206. The number of halogens is 3. The van der Waals surface area contributed by atoms with Gasteiger partial charge in [0.25, 0.3) is 0 Å². The fraction of sp³-hybridized carbons (Fsp3) is 0.250. The molecule has 0 radical (unpaired) electrons. The largest absolute Gasteiger partial charge is 0.416 e. The number of aromatic nitrogens is 2. The van der Waals surface area contributed by atoms with Crippen molar-refractivity contribution in [2.75, 3.05) is 12.4 Å². The van der Waals surface area contributed by atoms with E-state index in [9.17, 15) is 13.2 Å². The lowest BCUT2D eigenvalue weighted by atomic mass is 10.1. The molecule has 0 saturated heterocycles. The smallest absolute Gasteiger partial charge is 0.358 e. The zero-order valence-corrected chi connectivity index (χ0v) is 9.92. The topological polar surface area (TPSA) is 29.9 Å². The Morgan fingerprint density at radius 3 is 2.61 bits per heavy atom. The van der Waals surface area contributed by atoms with Crippen molar-refractivity contribution in [3.05, 3.63) is 41.7 Å². The molecule has 1 N–H and O–H groups in total. The van der Waals surface area contributed by atoms with Gasteiger partial charge in [0.1, 0.15) is 0 Å². The number of aryl methyl sites for hydroxylation is 1. The maximum Gasteiger partial charge on any atom is 0.416 e. The van der Waals surface area contributed by atoms with Gasteiger partial charge in [0, 0.05) is 25.1 Å². The number of nitrogens with zero attached hydrogens (tertiary/aromatic N) is 2. The third kappa shape index (κ3) is 2.18. The number of imidazole rings is 1. The number of rotatable bonds is 2. The van der Waals surface area contributed by atoms with E-state index in [0.29, 0.717) is 11.6 Å². The second-order valence-corrected chi connectivity index (χ2v) is 3.87. The third-order valence-electron chi connectivity index (χ3n) is 2.67. The average Bonchev–Trinajstić information content (AvgIpc) is 2.76. The van der Waals surface area contributed by atoms with Gasteiger partial charge in [-0.15, -0.1) is 0 Å². The van der Waals surface area contributed by atoms with Crippen LogP contribution in [0.15, 0.2) is 30.6 Å². The van der Waals surface area contributed by atoms with Gasteiger partial charge in [-0.1, -0.05) is 6.07 Å². The first-order valence-electron chi connectivity index (χ1n) is 5.33. The van der Waals surface area contributed by atoms with E-state index in [1.165, 1.54) is 19.2 Å². The van der Waals surface area contributed by atoms with Crippen LogP contribution in [-0.2, 0) is 6.18 Å². The minimum Gasteiger partial charge on any atom is -0.358 e. The second kappa shape index (κ2) is 4.36. The van der Waals surface area contributed by atoms with Crippen LogP contribution in [0, 0.1) is 6.92 Å². The number of nitrogens with one attached hydrogen (secondary N) is 1. The first kappa shape index (κ1) is 12.5. The Labute approximate surface area is 102 Å². The Kier molecular flexibility index (Phi) is 3.02. The van der Waals surface area contributed by atoms with Gasteiger partial charge in [0.05, 0.1) is 5.56 Å². The van der Waals surface area contributed by atoms with Crippen molar-refractivity contribution in [2.45, 2.75) is 13.1 Å². The molecule has 1 aromatic heterocycles. The van der Waals surface area contributed by atoms with E-state index in [2.05, 4.69) is 10.3 Å². The van der Waals surface area contributed by atoms with E-state index in [1.807, 2.05) is 0 Å². The van der Waals surface area contributed by atoms with Crippen LogP contribution in [-0.4, -0.2) is 16.6 Å². The molecule has 18 heavy (non-hydrogen) atoms. The number of alkyl halides is 3. The highest BCUT2D eigenvalue weighted by Crippen LogP contribution is 2.33. The molecule has 0 aliphatic carbocycles. The molecule has 0 spiro atoms. The number of hydrogen-bond donors (Lipinski definition) is 1. The zero-order valence-electron chi connectivity index (χ0n) is 9.92. The molecule has 2 rings (SSSR count). The lowest BCUT2D eigenvalue weighted by Crippen LogP contribution is -2.09. The van der Waals surface area contributed by atoms with Crippen LogP contribution in [0.25, 0.3) is 5.69 Å². The van der Waals surface area contributed by atoms with Crippen LogP contribution in [0.5, 0.6) is 0 Å². The Bertz CT molecular complexity index is 558. The van der Waals surface area contributed by atoms with Gasteiger partial charge in [-0.05, 0) is 24.6 Å². The van der Waals surface area contributed by atoms with Crippen LogP contribution in [0.4, 0.5) is 19.1 Å². The van der Waals surface area contributed by atoms with Crippen molar-refractivity contribution in [3.8, 4) is 5.69 Å². The van der Waals surface area contributed by atoms with Crippen LogP contribution in [0.2, 0.25) is 0 Å². The Balaban J connectivity index is 2.54. The summed E-state index contributed by atoms with van der Waals surface area (Å²) in [5.41, 5.74) is 0.00269. The molecule has 2 aromatic rings. The van der Waals surface area contributed by atoms with E-state index in [4.69, 9.17) is 0 Å². The van der Waals surface area contributed by atoms with Crippen LogP contribution >= 0.6 is 0 Å². The summed E-state index contributed by atoms with van der Waals surface area (Å²) in [6.45, 7) is 1.44. The monoisotopic (exact) mass is 255 g/mol. The van der Waals surface area contributed by atoms with Crippen molar-refractivity contribution in [3.63, 3.8) is 0 Å². The molecular formula is C12H12F3N3. The maximum atomic E-state index is 12.8. The fourth-order valence-electron chi connectivity index (χ4n) is 1.76. The summed E-state index contributed by atoms with van der Waals surface area (Å²) in [7, 11) is 1.66. The summed E-state index contributed by atoms with van der Waals surface area (Å²) < 4.78 is 40.0. The molecule has 6 heteroatoms. The molecule has 0 bridgehead atoms. The lowest BCUT2D eigenvalue weighted by Gasteiger charge is -2.13. The van der Waals surface area contributed by atoms with Gasteiger partial charge in [-0.3, -0.25) is 4.57 Å². The van der Waals surface area contributed by atoms with Crippen LogP contribution in [0.3, 0.4) is 0 Å². The van der Waals surface area contributed by atoms with Gasteiger partial charge in [-0.2, -0.15) is 13.2 Å². The quantitative estimate of drug-likeness (QED) is 0.892. The highest BCUT2D eigenvalue weighted by atomic mass is 19.4. The minimum atomic E-state index is -4.35. The predicted molar refractivity (Wildman–Crippen MR) is 62.8 cm³/mol. The average molecular weight is 255 g/mol. The van der Waals surface area contributed by atoms with Gasteiger partial charge in [0.2, 0.25) is 5.95 Å². The zero-order chi connectivity index (χ0) is 13.3. The van der Waals surface area contributed by atoms with E-state index >= 15 is 0 Å². The molecule has 0 aliphatic rings. The predicted octanol–water partition coefficient (Wildman–Crippen LogP) is 3.24. The van der Waals surface area contributed by atoms with Crippen molar-refractivity contribution >= 4 is 5.95 Å². The summed E-state index contributed by atoms with van der Waals surface area (Å²) in [6.07, 6.45) is -1.21. The molecule has 1 aromatic carbocycles. The Morgan fingerprint density at radius 2 is 2.00 bits per heavy atom. The van der Waals surface area contributed by atoms with Gasteiger partial charge in [0.15, 0.2) is 0 Å². The van der Waals surface area contributed by atoms with Crippen molar-refractivity contribution in [2.24, 2.45) is 0 Å².